The summed E-state index contributed by atoms with van der Waals surface area (Å²) in [5, 5.41) is 15.9. The second kappa shape index (κ2) is 7.04. The van der Waals surface area contributed by atoms with Crippen molar-refractivity contribution >= 4 is 5.91 Å². The number of tetrazole rings is 1. The maximum atomic E-state index is 14.1. The molecule has 0 saturated carbocycles. The smallest absolute Gasteiger partial charge is 0.252 e. The average Bonchev–Trinajstić information content (AvgIpc) is 3.16. The Bertz CT molecular complexity index is 900. The first-order chi connectivity index (χ1) is 12.1. The molecule has 0 fully saturated rings. The molecule has 0 saturated heterocycles. The van der Waals surface area contributed by atoms with Crippen LogP contribution >= 0.6 is 0 Å². The Labute approximate surface area is 141 Å². The number of ether oxygens (including phenoxy) is 1. The molecule has 1 aromatic heterocycles. The Balaban J connectivity index is 1.83. The fourth-order valence-corrected chi connectivity index (χ4v) is 2.31. The van der Waals surface area contributed by atoms with Crippen molar-refractivity contribution in [3.8, 4) is 17.1 Å². The Morgan fingerprint density at radius 1 is 1.24 bits per heavy atom. The molecule has 0 radical (unpaired) electrons. The molecule has 3 aromatic rings. The van der Waals surface area contributed by atoms with Gasteiger partial charge in [-0.1, -0.05) is 18.2 Å². The Hall–Kier alpha value is -3.36. The Kier molecular flexibility index (Phi) is 4.64. The predicted octanol–water partition coefficient (Wildman–Crippen LogP) is 2.08. The maximum absolute atomic E-state index is 14.1. The lowest BCUT2D eigenvalue weighted by atomic mass is 10.1. The number of aromatic nitrogens is 4. The lowest BCUT2D eigenvalue weighted by molar-refractivity contribution is 0.0950. The predicted molar refractivity (Wildman–Crippen MR) is 83.7 cm³/mol. The molecule has 0 bridgehead atoms. The summed E-state index contributed by atoms with van der Waals surface area (Å²) in [6.45, 7) is -0.339. The van der Waals surface area contributed by atoms with E-state index < -0.39 is 17.5 Å². The zero-order chi connectivity index (χ0) is 17.8. The molecule has 2 N–H and O–H groups in total. The van der Waals surface area contributed by atoms with E-state index in [9.17, 15) is 13.6 Å². The van der Waals surface area contributed by atoms with Crippen LogP contribution in [0.5, 0.6) is 5.75 Å². The van der Waals surface area contributed by atoms with Crippen molar-refractivity contribution in [3.05, 3.63) is 59.2 Å². The lowest BCUT2D eigenvalue weighted by Crippen LogP contribution is -2.24. The number of carbonyl (C=O) groups is 1. The molecule has 7 nitrogen and oxygen atoms in total. The third kappa shape index (κ3) is 3.30. The van der Waals surface area contributed by atoms with Crippen LogP contribution in [0.2, 0.25) is 0 Å². The molecular weight excluding hydrogens is 332 g/mol. The zero-order valence-electron chi connectivity index (χ0n) is 13.1. The standard InChI is InChI=1S/C16H13F2N5O2/c1-25-13-7-6-12(17)11(14(13)18)8-19-16(24)10-5-3-2-4-9(10)15-20-22-23-21-15/h2-7H,8H2,1H3,(H,19,24)(H,20,21,22,23). The molecule has 1 amide bonds. The van der Waals surface area contributed by atoms with Crippen LogP contribution < -0.4 is 10.1 Å². The van der Waals surface area contributed by atoms with E-state index in [-0.39, 0.29) is 29.2 Å². The maximum Gasteiger partial charge on any atom is 0.252 e. The fourth-order valence-electron chi connectivity index (χ4n) is 2.31. The van der Waals surface area contributed by atoms with Gasteiger partial charge in [-0.15, -0.1) is 10.2 Å². The van der Waals surface area contributed by atoms with Crippen molar-refractivity contribution in [1.82, 2.24) is 25.9 Å². The molecule has 0 unspecified atom stereocenters. The van der Waals surface area contributed by atoms with Gasteiger partial charge in [-0.3, -0.25) is 4.79 Å². The Morgan fingerprint density at radius 2 is 2.04 bits per heavy atom. The number of methoxy groups -OCH3 is 1. The van der Waals surface area contributed by atoms with E-state index in [2.05, 4.69) is 25.9 Å². The number of rotatable bonds is 5. The normalized spacial score (nSPS) is 10.5. The highest BCUT2D eigenvalue weighted by atomic mass is 19.1. The first-order valence-electron chi connectivity index (χ1n) is 7.23. The minimum absolute atomic E-state index is 0.0992. The summed E-state index contributed by atoms with van der Waals surface area (Å²) in [6, 6.07) is 8.83. The van der Waals surface area contributed by atoms with Gasteiger partial charge in [0, 0.05) is 17.7 Å². The number of carbonyl (C=O) groups excluding carboxylic acids is 1. The van der Waals surface area contributed by atoms with Gasteiger partial charge >= 0.3 is 0 Å². The van der Waals surface area contributed by atoms with E-state index in [1.165, 1.54) is 13.2 Å². The first-order valence-corrected chi connectivity index (χ1v) is 7.23. The van der Waals surface area contributed by atoms with Crippen molar-refractivity contribution in [2.24, 2.45) is 0 Å². The molecule has 128 valence electrons. The first kappa shape index (κ1) is 16.5. The van der Waals surface area contributed by atoms with Gasteiger partial charge in [0.25, 0.3) is 5.91 Å². The minimum Gasteiger partial charge on any atom is -0.494 e. The van der Waals surface area contributed by atoms with E-state index in [0.29, 0.717) is 5.56 Å². The van der Waals surface area contributed by atoms with Gasteiger partial charge < -0.3 is 10.1 Å². The largest absolute Gasteiger partial charge is 0.494 e. The fraction of sp³-hybridized carbons (Fsp3) is 0.125. The second-order valence-corrected chi connectivity index (χ2v) is 5.01. The van der Waals surface area contributed by atoms with Crippen LogP contribution in [0.4, 0.5) is 8.78 Å². The summed E-state index contributed by atoms with van der Waals surface area (Å²) in [6.07, 6.45) is 0. The van der Waals surface area contributed by atoms with Crippen LogP contribution in [0.1, 0.15) is 15.9 Å². The van der Waals surface area contributed by atoms with Crippen molar-refractivity contribution in [2.45, 2.75) is 6.54 Å². The number of hydrogen-bond acceptors (Lipinski definition) is 5. The molecule has 0 aliphatic carbocycles. The molecule has 0 aliphatic heterocycles. The van der Waals surface area contributed by atoms with Crippen LogP contribution in [-0.2, 0) is 6.54 Å². The van der Waals surface area contributed by atoms with Crippen molar-refractivity contribution < 1.29 is 18.3 Å². The number of benzene rings is 2. The summed E-state index contributed by atoms with van der Waals surface area (Å²) in [7, 11) is 1.28. The summed E-state index contributed by atoms with van der Waals surface area (Å²) < 4.78 is 32.8. The quantitative estimate of drug-likeness (QED) is 0.739. The average molecular weight is 345 g/mol. The molecule has 25 heavy (non-hydrogen) atoms. The van der Waals surface area contributed by atoms with Crippen LogP contribution in [0, 0.1) is 11.6 Å². The molecule has 0 spiro atoms. The topological polar surface area (TPSA) is 92.8 Å². The summed E-state index contributed by atoms with van der Waals surface area (Å²) in [4.78, 5) is 12.4. The highest BCUT2D eigenvalue weighted by Gasteiger charge is 2.18. The van der Waals surface area contributed by atoms with Gasteiger partial charge in [-0.25, -0.2) is 8.78 Å². The van der Waals surface area contributed by atoms with E-state index in [4.69, 9.17) is 4.74 Å². The van der Waals surface area contributed by atoms with Crippen molar-refractivity contribution in [1.29, 1.82) is 0 Å². The lowest BCUT2D eigenvalue weighted by Gasteiger charge is -2.11. The van der Waals surface area contributed by atoms with Gasteiger partial charge in [-0.05, 0) is 23.4 Å². The number of halogens is 2. The van der Waals surface area contributed by atoms with Crippen molar-refractivity contribution in [2.75, 3.05) is 7.11 Å². The minimum atomic E-state index is -0.853. The number of nitrogens with one attached hydrogen (secondary N) is 2. The number of aromatic amines is 1. The summed E-state index contributed by atoms with van der Waals surface area (Å²) >= 11 is 0. The van der Waals surface area contributed by atoms with E-state index in [0.717, 1.165) is 6.07 Å². The molecule has 0 aliphatic rings. The van der Waals surface area contributed by atoms with Gasteiger partial charge in [0.05, 0.1) is 12.7 Å². The van der Waals surface area contributed by atoms with Gasteiger partial charge in [0.15, 0.2) is 11.6 Å². The van der Waals surface area contributed by atoms with Crippen LogP contribution in [0.25, 0.3) is 11.4 Å². The second-order valence-electron chi connectivity index (χ2n) is 5.01. The van der Waals surface area contributed by atoms with Crippen LogP contribution in [0.3, 0.4) is 0 Å². The zero-order valence-corrected chi connectivity index (χ0v) is 13.1. The number of amides is 1. The van der Waals surface area contributed by atoms with Gasteiger partial charge in [0.2, 0.25) is 5.82 Å². The number of H-pyrrole nitrogens is 1. The number of nitrogens with zero attached hydrogens (tertiary/aromatic N) is 3. The van der Waals surface area contributed by atoms with E-state index >= 15 is 0 Å². The SMILES string of the molecule is COc1ccc(F)c(CNC(=O)c2ccccc2-c2nn[nH]n2)c1F. The van der Waals surface area contributed by atoms with E-state index in [1.807, 2.05) is 0 Å². The highest BCUT2D eigenvalue weighted by Crippen LogP contribution is 2.23. The molecule has 1 heterocycles. The van der Waals surface area contributed by atoms with E-state index in [1.54, 1.807) is 24.3 Å². The van der Waals surface area contributed by atoms with Crippen LogP contribution in [0.15, 0.2) is 36.4 Å². The van der Waals surface area contributed by atoms with Crippen molar-refractivity contribution in [3.63, 3.8) is 0 Å². The third-order valence-electron chi connectivity index (χ3n) is 3.55. The molecule has 0 atom stereocenters. The molecule has 3 rings (SSSR count). The van der Waals surface area contributed by atoms with Gasteiger partial charge in [-0.2, -0.15) is 5.21 Å². The summed E-state index contributed by atoms with van der Waals surface area (Å²) in [5.74, 6) is -2.01. The molecule has 2 aromatic carbocycles. The monoisotopic (exact) mass is 345 g/mol. The van der Waals surface area contributed by atoms with Crippen LogP contribution in [-0.4, -0.2) is 33.6 Å². The molecular formula is C16H13F2N5O2. The highest BCUT2D eigenvalue weighted by molar-refractivity contribution is 6.00. The molecule has 9 heteroatoms. The number of hydrogen-bond donors (Lipinski definition) is 2. The Morgan fingerprint density at radius 3 is 2.76 bits per heavy atom. The summed E-state index contributed by atoms with van der Waals surface area (Å²) in [5.41, 5.74) is 0.415. The van der Waals surface area contributed by atoms with Gasteiger partial charge in [0.1, 0.15) is 5.82 Å². The third-order valence-corrected chi connectivity index (χ3v) is 3.55.